The van der Waals surface area contributed by atoms with Crippen molar-refractivity contribution in [3.63, 3.8) is 0 Å². The number of benzene rings is 1. The van der Waals surface area contributed by atoms with Gasteiger partial charge in [0.25, 0.3) is 5.91 Å². The van der Waals surface area contributed by atoms with Crippen molar-refractivity contribution >= 4 is 28.9 Å². The first-order chi connectivity index (χ1) is 11.5. The van der Waals surface area contributed by atoms with Crippen LogP contribution in [0, 0.1) is 13.8 Å². The predicted octanol–water partition coefficient (Wildman–Crippen LogP) is 4.59. The van der Waals surface area contributed by atoms with E-state index in [4.69, 9.17) is 11.6 Å². The minimum absolute atomic E-state index is 0.165. The van der Waals surface area contributed by atoms with Crippen LogP contribution in [0.1, 0.15) is 41.0 Å². The molecule has 0 bridgehead atoms. The van der Waals surface area contributed by atoms with Gasteiger partial charge in [-0.3, -0.25) is 9.78 Å². The fourth-order valence-corrected chi connectivity index (χ4v) is 3.40. The van der Waals surface area contributed by atoms with E-state index in [0.29, 0.717) is 16.3 Å². The molecule has 1 aliphatic rings. The van der Waals surface area contributed by atoms with E-state index in [0.717, 1.165) is 30.2 Å². The maximum atomic E-state index is 12.4. The van der Waals surface area contributed by atoms with E-state index < -0.39 is 0 Å². The number of rotatable bonds is 3. The fourth-order valence-electron chi connectivity index (χ4n) is 3.10. The van der Waals surface area contributed by atoms with E-state index in [2.05, 4.69) is 15.2 Å². The highest BCUT2D eigenvalue weighted by molar-refractivity contribution is 6.33. The molecule has 0 spiro atoms. The molecule has 1 aromatic heterocycles. The SMILES string of the molecule is Cc1ccc(C(=O)Nc2ccc(N3CCCCC3)c(Cl)c2)c(C)n1. The van der Waals surface area contributed by atoms with E-state index in [1.54, 1.807) is 6.07 Å². The van der Waals surface area contributed by atoms with Gasteiger partial charge in [-0.1, -0.05) is 11.6 Å². The molecule has 0 radical (unpaired) electrons. The Morgan fingerprint density at radius 1 is 1.12 bits per heavy atom. The van der Waals surface area contributed by atoms with Gasteiger partial charge in [0.1, 0.15) is 0 Å². The van der Waals surface area contributed by atoms with Crippen LogP contribution in [0.5, 0.6) is 0 Å². The number of aromatic nitrogens is 1. The van der Waals surface area contributed by atoms with Gasteiger partial charge in [-0.2, -0.15) is 0 Å². The molecule has 0 aliphatic carbocycles. The third-order valence-electron chi connectivity index (χ3n) is 4.37. The summed E-state index contributed by atoms with van der Waals surface area (Å²) in [4.78, 5) is 19.1. The van der Waals surface area contributed by atoms with Gasteiger partial charge in [0, 0.05) is 24.5 Å². The number of nitrogens with zero attached hydrogens (tertiary/aromatic N) is 2. The first kappa shape index (κ1) is 16.8. The Bertz CT molecular complexity index is 754. The van der Waals surface area contributed by atoms with Gasteiger partial charge in [0.15, 0.2) is 0 Å². The summed E-state index contributed by atoms with van der Waals surface area (Å²) in [6.45, 7) is 5.83. The van der Waals surface area contributed by atoms with Crippen LogP contribution in [0.15, 0.2) is 30.3 Å². The van der Waals surface area contributed by atoms with E-state index in [1.807, 2.05) is 38.1 Å². The molecule has 1 amide bonds. The Morgan fingerprint density at radius 3 is 2.54 bits per heavy atom. The maximum Gasteiger partial charge on any atom is 0.257 e. The van der Waals surface area contributed by atoms with E-state index >= 15 is 0 Å². The summed E-state index contributed by atoms with van der Waals surface area (Å²) in [7, 11) is 0. The van der Waals surface area contributed by atoms with Crippen molar-refractivity contribution in [2.45, 2.75) is 33.1 Å². The molecule has 1 aliphatic heterocycles. The molecule has 1 aromatic carbocycles. The smallest absolute Gasteiger partial charge is 0.257 e. The number of aryl methyl sites for hydroxylation is 2. The first-order valence-corrected chi connectivity index (χ1v) is 8.72. The monoisotopic (exact) mass is 343 g/mol. The number of amides is 1. The summed E-state index contributed by atoms with van der Waals surface area (Å²) in [6.07, 6.45) is 3.69. The van der Waals surface area contributed by atoms with Crippen LogP contribution in [-0.2, 0) is 0 Å². The molecule has 5 heteroatoms. The quantitative estimate of drug-likeness (QED) is 0.886. The third-order valence-corrected chi connectivity index (χ3v) is 4.67. The molecule has 4 nitrogen and oxygen atoms in total. The van der Waals surface area contributed by atoms with E-state index in [-0.39, 0.29) is 5.91 Å². The minimum Gasteiger partial charge on any atom is -0.370 e. The normalized spacial score (nSPS) is 14.5. The number of piperidine rings is 1. The number of carbonyl (C=O) groups excluding carboxylic acids is 1. The molecule has 0 atom stereocenters. The highest BCUT2D eigenvalue weighted by atomic mass is 35.5. The molecule has 1 N–H and O–H groups in total. The standard InChI is InChI=1S/C19H22ClN3O/c1-13-6-8-16(14(2)21-13)19(24)22-15-7-9-18(17(20)12-15)23-10-4-3-5-11-23/h6-9,12H,3-5,10-11H2,1-2H3,(H,22,24). The number of halogens is 1. The van der Waals surface area contributed by atoms with Crippen molar-refractivity contribution in [1.29, 1.82) is 0 Å². The van der Waals surface area contributed by atoms with Crippen molar-refractivity contribution in [2.24, 2.45) is 0 Å². The number of hydrogen-bond donors (Lipinski definition) is 1. The van der Waals surface area contributed by atoms with Gasteiger partial charge >= 0.3 is 0 Å². The number of hydrogen-bond acceptors (Lipinski definition) is 3. The average Bonchev–Trinajstić information content (AvgIpc) is 2.55. The van der Waals surface area contributed by atoms with Crippen molar-refractivity contribution < 1.29 is 4.79 Å². The van der Waals surface area contributed by atoms with Gasteiger partial charge in [0.2, 0.25) is 0 Å². The summed E-state index contributed by atoms with van der Waals surface area (Å²) in [5.74, 6) is -0.165. The van der Waals surface area contributed by atoms with Crippen molar-refractivity contribution in [3.05, 3.63) is 52.3 Å². The predicted molar refractivity (Wildman–Crippen MR) is 99.2 cm³/mol. The number of carbonyl (C=O) groups is 1. The van der Waals surface area contributed by atoms with Gasteiger partial charge in [-0.25, -0.2) is 0 Å². The van der Waals surface area contributed by atoms with Crippen LogP contribution in [0.3, 0.4) is 0 Å². The number of pyridine rings is 1. The Kier molecular flexibility index (Phi) is 5.05. The van der Waals surface area contributed by atoms with Gasteiger partial charge in [0.05, 0.1) is 22.0 Å². The summed E-state index contributed by atoms with van der Waals surface area (Å²) in [5.41, 5.74) is 3.95. The Morgan fingerprint density at radius 2 is 1.88 bits per heavy atom. The molecule has 24 heavy (non-hydrogen) atoms. The molecule has 2 aromatic rings. The lowest BCUT2D eigenvalue weighted by Crippen LogP contribution is -2.29. The largest absolute Gasteiger partial charge is 0.370 e. The second kappa shape index (κ2) is 7.22. The third kappa shape index (κ3) is 3.70. The molecule has 126 valence electrons. The van der Waals surface area contributed by atoms with Crippen molar-refractivity contribution in [2.75, 3.05) is 23.3 Å². The zero-order valence-electron chi connectivity index (χ0n) is 14.1. The summed E-state index contributed by atoms with van der Waals surface area (Å²) in [5, 5.41) is 3.58. The lowest BCUT2D eigenvalue weighted by atomic mass is 10.1. The molecule has 1 fully saturated rings. The topological polar surface area (TPSA) is 45.2 Å². The average molecular weight is 344 g/mol. The van der Waals surface area contributed by atoms with Crippen LogP contribution in [-0.4, -0.2) is 24.0 Å². The van der Waals surface area contributed by atoms with Crippen LogP contribution in [0.25, 0.3) is 0 Å². The van der Waals surface area contributed by atoms with Crippen LogP contribution in [0.4, 0.5) is 11.4 Å². The molecular weight excluding hydrogens is 322 g/mol. The molecular formula is C19H22ClN3O. The minimum atomic E-state index is -0.165. The zero-order chi connectivity index (χ0) is 17.1. The summed E-state index contributed by atoms with van der Waals surface area (Å²) < 4.78 is 0. The Balaban J connectivity index is 1.75. The highest BCUT2D eigenvalue weighted by Gasteiger charge is 2.15. The van der Waals surface area contributed by atoms with E-state index in [9.17, 15) is 4.79 Å². The summed E-state index contributed by atoms with van der Waals surface area (Å²) in [6, 6.07) is 9.36. The maximum absolute atomic E-state index is 12.4. The first-order valence-electron chi connectivity index (χ1n) is 8.35. The van der Waals surface area contributed by atoms with Gasteiger partial charge < -0.3 is 10.2 Å². The van der Waals surface area contributed by atoms with Crippen molar-refractivity contribution in [1.82, 2.24) is 4.98 Å². The Hall–Kier alpha value is -2.07. The molecule has 2 heterocycles. The summed E-state index contributed by atoms with van der Waals surface area (Å²) >= 11 is 6.44. The Labute approximate surface area is 147 Å². The second-order valence-corrected chi connectivity index (χ2v) is 6.66. The van der Waals surface area contributed by atoms with E-state index in [1.165, 1.54) is 19.3 Å². The molecule has 0 saturated carbocycles. The highest BCUT2D eigenvalue weighted by Crippen LogP contribution is 2.31. The lowest BCUT2D eigenvalue weighted by Gasteiger charge is -2.29. The molecule has 3 rings (SSSR count). The fraction of sp³-hybridized carbons (Fsp3) is 0.368. The van der Waals surface area contributed by atoms with Crippen molar-refractivity contribution in [3.8, 4) is 0 Å². The molecule has 0 unspecified atom stereocenters. The van der Waals surface area contributed by atoms with Crippen LogP contribution < -0.4 is 10.2 Å². The zero-order valence-corrected chi connectivity index (χ0v) is 14.9. The molecule has 1 saturated heterocycles. The number of nitrogens with one attached hydrogen (secondary N) is 1. The van der Waals surface area contributed by atoms with Crippen LogP contribution in [0.2, 0.25) is 5.02 Å². The van der Waals surface area contributed by atoms with Gasteiger partial charge in [-0.15, -0.1) is 0 Å². The van der Waals surface area contributed by atoms with Crippen LogP contribution >= 0.6 is 11.6 Å². The second-order valence-electron chi connectivity index (χ2n) is 6.25. The lowest BCUT2D eigenvalue weighted by molar-refractivity contribution is 0.102. The number of anilines is 2. The van der Waals surface area contributed by atoms with Gasteiger partial charge in [-0.05, 0) is 63.4 Å².